The average molecular weight is 456 g/mol. The minimum atomic E-state index is 0.124. The molecule has 4 aromatic rings. The van der Waals surface area contributed by atoms with Crippen molar-refractivity contribution in [3.63, 3.8) is 0 Å². The second-order valence-electron chi connectivity index (χ2n) is 9.31. The largest absolute Gasteiger partial charge is 0.497 e. The van der Waals surface area contributed by atoms with Gasteiger partial charge in [0.05, 0.1) is 12.7 Å². The maximum atomic E-state index is 13.3. The van der Waals surface area contributed by atoms with E-state index in [2.05, 4.69) is 65.6 Å². The Morgan fingerprint density at radius 1 is 0.882 bits per heavy atom. The topological polar surface area (TPSA) is 51.0 Å². The first-order valence-electron chi connectivity index (χ1n) is 12.1. The van der Waals surface area contributed by atoms with E-state index in [0.717, 1.165) is 49.5 Å². The Labute approximate surface area is 200 Å². The molecule has 5 nitrogen and oxygen atoms in total. The molecule has 1 aliphatic rings. The third-order valence-electron chi connectivity index (χ3n) is 7.22. The molecule has 1 saturated heterocycles. The zero-order valence-corrected chi connectivity index (χ0v) is 19.9. The van der Waals surface area contributed by atoms with Gasteiger partial charge in [-0.1, -0.05) is 60.7 Å². The Kier molecular flexibility index (Phi) is 6.48. The summed E-state index contributed by atoms with van der Waals surface area (Å²) in [7, 11) is 1.63. The van der Waals surface area contributed by atoms with Gasteiger partial charge in [-0.15, -0.1) is 0 Å². The van der Waals surface area contributed by atoms with E-state index in [0.29, 0.717) is 17.2 Å². The number of H-pyrrole nitrogens is 1. The van der Waals surface area contributed by atoms with Crippen LogP contribution < -0.4 is 20.0 Å². The zero-order valence-electron chi connectivity index (χ0n) is 19.9. The molecule has 34 heavy (non-hydrogen) atoms. The molecule has 0 spiro atoms. The number of rotatable bonds is 6. The predicted octanol–water partition coefficient (Wildman–Crippen LogP) is 1.92. The van der Waals surface area contributed by atoms with Crippen molar-refractivity contribution in [1.29, 1.82) is 0 Å². The lowest BCUT2D eigenvalue weighted by Crippen LogP contribution is -3.27. The van der Waals surface area contributed by atoms with E-state index in [1.165, 1.54) is 16.0 Å². The van der Waals surface area contributed by atoms with E-state index in [1.807, 2.05) is 25.1 Å². The van der Waals surface area contributed by atoms with Gasteiger partial charge in [-0.25, -0.2) is 0 Å². The van der Waals surface area contributed by atoms with Crippen LogP contribution in [0.25, 0.3) is 10.9 Å². The number of aryl methyl sites for hydroxylation is 1. The van der Waals surface area contributed by atoms with Crippen LogP contribution in [0.4, 0.5) is 0 Å². The maximum absolute atomic E-state index is 13.3. The Balaban J connectivity index is 1.35. The molecule has 174 valence electrons. The third kappa shape index (κ3) is 4.49. The van der Waals surface area contributed by atoms with Crippen molar-refractivity contribution in [2.75, 3.05) is 33.3 Å². The van der Waals surface area contributed by atoms with Gasteiger partial charge in [-0.05, 0) is 25.1 Å². The summed E-state index contributed by atoms with van der Waals surface area (Å²) in [4.78, 5) is 19.8. The average Bonchev–Trinajstić information content (AvgIpc) is 2.89. The van der Waals surface area contributed by atoms with Crippen molar-refractivity contribution < 1.29 is 14.5 Å². The molecule has 1 fully saturated rings. The van der Waals surface area contributed by atoms with E-state index in [-0.39, 0.29) is 5.43 Å². The van der Waals surface area contributed by atoms with Gasteiger partial charge in [0.2, 0.25) is 0 Å². The number of methoxy groups -OCH3 is 1. The molecule has 1 aliphatic heterocycles. The third-order valence-corrected chi connectivity index (χ3v) is 7.22. The first-order valence-corrected chi connectivity index (χ1v) is 12.1. The Morgan fingerprint density at radius 2 is 1.50 bits per heavy atom. The van der Waals surface area contributed by atoms with Crippen LogP contribution in [0.15, 0.2) is 83.7 Å². The Hall–Kier alpha value is -3.41. The highest BCUT2D eigenvalue weighted by atomic mass is 16.5. The van der Waals surface area contributed by atoms with Crippen LogP contribution >= 0.6 is 0 Å². The highest BCUT2D eigenvalue weighted by Crippen LogP contribution is 2.19. The summed E-state index contributed by atoms with van der Waals surface area (Å²) < 4.78 is 5.34. The van der Waals surface area contributed by atoms with Crippen LogP contribution in [-0.4, -0.2) is 38.3 Å². The predicted molar refractivity (Wildman–Crippen MR) is 136 cm³/mol. The van der Waals surface area contributed by atoms with Crippen LogP contribution in [0.3, 0.4) is 0 Å². The second kappa shape index (κ2) is 9.84. The van der Waals surface area contributed by atoms with Gasteiger partial charge in [0.15, 0.2) is 5.43 Å². The number of hydrogen-bond donors (Lipinski definition) is 3. The maximum Gasteiger partial charge on any atom is 0.198 e. The normalized spacial score (nSPS) is 18.3. The van der Waals surface area contributed by atoms with E-state index in [1.54, 1.807) is 12.0 Å². The van der Waals surface area contributed by atoms with E-state index >= 15 is 0 Å². The second-order valence-corrected chi connectivity index (χ2v) is 9.31. The number of aromatic amines is 1. The first kappa shape index (κ1) is 22.4. The highest BCUT2D eigenvalue weighted by molar-refractivity contribution is 5.81. The number of piperazine rings is 1. The SMILES string of the molecule is COc1ccc2[nH]c(C)c(C[NH+]3CC[NH+](C(c4ccccc4)c4ccccc4)CC3)c(=O)c2c1. The molecular formula is C29H33N3O2+2. The number of nitrogens with one attached hydrogen (secondary N) is 3. The van der Waals surface area contributed by atoms with Crippen LogP contribution in [0.2, 0.25) is 0 Å². The summed E-state index contributed by atoms with van der Waals surface area (Å²) in [5.74, 6) is 0.713. The lowest BCUT2D eigenvalue weighted by Gasteiger charge is -2.35. The number of ether oxygens (including phenoxy) is 1. The number of aromatic nitrogens is 1. The van der Waals surface area contributed by atoms with Crippen LogP contribution in [0, 0.1) is 6.92 Å². The smallest absolute Gasteiger partial charge is 0.198 e. The minimum absolute atomic E-state index is 0.124. The van der Waals surface area contributed by atoms with Crippen molar-refractivity contribution in [3.05, 3.63) is 111 Å². The Bertz CT molecular complexity index is 1270. The van der Waals surface area contributed by atoms with Gasteiger partial charge >= 0.3 is 0 Å². The van der Waals surface area contributed by atoms with Crippen LogP contribution in [-0.2, 0) is 6.54 Å². The van der Waals surface area contributed by atoms with Crippen molar-refractivity contribution in [3.8, 4) is 5.75 Å². The van der Waals surface area contributed by atoms with Crippen molar-refractivity contribution in [2.24, 2.45) is 0 Å². The van der Waals surface area contributed by atoms with Gasteiger partial charge in [-0.2, -0.15) is 0 Å². The minimum Gasteiger partial charge on any atom is -0.497 e. The lowest BCUT2D eigenvalue weighted by molar-refractivity contribution is -1.03. The van der Waals surface area contributed by atoms with Crippen molar-refractivity contribution in [1.82, 2.24) is 4.98 Å². The van der Waals surface area contributed by atoms with Crippen molar-refractivity contribution >= 4 is 10.9 Å². The molecule has 3 aromatic carbocycles. The molecular weight excluding hydrogens is 422 g/mol. The van der Waals surface area contributed by atoms with E-state index in [4.69, 9.17) is 4.74 Å². The molecule has 0 radical (unpaired) electrons. The fourth-order valence-electron chi connectivity index (χ4n) is 5.37. The standard InChI is InChI=1S/C29H31N3O2/c1-21-26(29(33)25-19-24(34-2)13-14-27(25)30-21)20-31-15-17-32(18-16-31)28(22-9-5-3-6-10-22)23-11-7-4-8-12-23/h3-14,19,28H,15-18,20H2,1-2H3,(H,30,33)/p+2. The molecule has 1 aromatic heterocycles. The van der Waals surface area contributed by atoms with E-state index < -0.39 is 0 Å². The summed E-state index contributed by atoms with van der Waals surface area (Å²) >= 11 is 0. The molecule has 0 bridgehead atoms. The van der Waals surface area contributed by atoms with Gasteiger partial charge in [-0.3, -0.25) is 4.79 Å². The summed E-state index contributed by atoms with van der Waals surface area (Å²) in [6.07, 6.45) is 0. The first-order chi connectivity index (χ1) is 16.6. The zero-order chi connectivity index (χ0) is 23.5. The van der Waals surface area contributed by atoms with E-state index in [9.17, 15) is 4.79 Å². The van der Waals surface area contributed by atoms with Crippen LogP contribution in [0.1, 0.15) is 28.4 Å². The number of hydrogen-bond acceptors (Lipinski definition) is 2. The van der Waals surface area contributed by atoms with Gasteiger partial charge < -0.3 is 19.5 Å². The molecule has 0 amide bonds. The Morgan fingerprint density at radius 3 is 2.09 bits per heavy atom. The molecule has 3 N–H and O–H groups in total. The number of pyridine rings is 1. The molecule has 0 saturated carbocycles. The number of fused-ring (bicyclic) bond motifs is 1. The summed E-state index contributed by atoms with van der Waals surface area (Å²) in [6.45, 7) is 7.00. The monoisotopic (exact) mass is 455 g/mol. The fraction of sp³-hybridized carbons (Fsp3) is 0.276. The molecule has 5 heteroatoms. The molecule has 2 heterocycles. The fourth-order valence-corrected chi connectivity index (χ4v) is 5.37. The lowest BCUT2D eigenvalue weighted by atomic mass is 9.96. The van der Waals surface area contributed by atoms with Crippen molar-refractivity contribution in [2.45, 2.75) is 19.5 Å². The summed E-state index contributed by atoms with van der Waals surface area (Å²) in [5, 5.41) is 0.705. The van der Waals surface area contributed by atoms with Gasteiger partial charge in [0.1, 0.15) is 44.5 Å². The van der Waals surface area contributed by atoms with Gasteiger partial charge in [0, 0.05) is 27.7 Å². The highest BCUT2D eigenvalue weighted by Gasteiger charge is 2.32. The molecule has 0 unspecified atom stereocenters. The molecule has 5 rings (SSSR count). The van der Waals surface area contributed by atoms with Gasteiger partial charge in [0.25, 0.3) is 0 Å². The summed E-state index contributed by atoms with van der Waals surface area (Å²) in [6, 6.07) is 27.7. The summed E-state index contributed by atoms with van der Waals surface area (Å²) in [5.41, 5.74) is 5.58. The quantitative estimate of drug-likeness (QED) is 0.416. The number of benzene rings is 3. The van der Waals surface area contributed by atoms with Crippen LogP contribution in [0.5, 0.6) is 5.75 Å². The number of quaternary nitrogens is 2. The molecule has 0 aliphatic carbocycles. The molecule has 0 atom stereocenters.